The molecule has 0 spiro atoms. The zero-order chi connectivity index (χ0) is 18.2. The van der Waals surface area contributed by atoms with Gasteiger partial charge in [-0.1, -0.05) is 23.4 Å². The van der Waals surface area contributed by atoms with Gasteiger partial charge in [-0.15, -0.1) is 52.6 Å². The van der Waals surface area contributed by atoms with Gasteiger partial charge in [0, 0.05) is 0 Å². The molecule has 0 aliphatic heterocycles. The maximum Gasteiger partial charge on any atom is 0.113 e. The van der Waals surface area contributed by atoms with Crippen LogP contribution in [0.15, 0.2) is 78.9 Å². The zero-order valence-electron chi connectivity index (χ0n) is 13.8. The maximum absolute atomic E-state index is 4.89. The van der Waals surface area contributed by atoms with E-state index in [9.17, 15) is 0 Å². The van der Waals surface area contributed by atoms with E-state index in [2.05, 4.69) is 46.7 Å². The van der Waals surface area contributed by atoms with Crippen LogP contribution in [-0.2, 0) is 17.0 Å². The Hall–Kier alpha value is -1.78. The predicted molar refractivity (Wildman–Crippen MR) is 105 cm³/mol. The second-order valence-corrected chi connectivity index (χ2v) is 7.99. The number of hydrogen-bond acceptors (Lipinski definition) is 2. The molecule has 0 saturated carbocycles. The van der Waals surface area contributed by atoms with Gasteiger partial charge < -0.3 is 0 Å². The van der Waals surface area contributed by atoms with Crippen molar-refractivity contribution in [1.29, 1.82) is 0 Å². The first kappa shape index (κ1) is 19.0. The van der Waals surface area contributed by atoms with Crippen molar-refractivity contribution in [3.05, 3.63) is 85.0 Å². The predicted octanol–water partition coefficient (Wildman–Crippen LogP) is 5.97. The van der Waals surface area contributed by atoms with Gasteiger partial charge in [0.25, 0.3) is 0 Å². The van der Waals surface area contributed by atoms with Crippen LogP contribution in [0.4, 0.5) is 0 Å². The molecule has 0 amide bonds. The minimum absolute atomic E-state index is 0.556. The Morgan fingerprint density at radius 3 is 2.54 bits per heavy atom. The minimum Gasteiger partial charge on any atom is -0.232 e. The summed E-state index contributed by atoms with van der Waals surface area (Å²) in [5.41, 5.74) is 3.01. The molecule has 0 radical (unpaired) electrons. The number of para-hydroxylation sites is 1. The van der Waals surface area contributed by atoms with Gasteiger partial charge in [0.05, 0.1) is 5.52 Å². The molecule has 0 saturated heterocycles. The molecule has 1 aromatic heterocycles. The van der Waals surface area contributed by atoms with Gasteiger partial charge in [-0.3, -0.25) is 6.08 Å². The van der Waals surface area contributed by atoms with E-state index >= 15 is 0 Å². The molecule has 0 N–H and O–H groups in total. The first-order chi connectivity index (χ1) is 12.8. The first-order valence-corrected chi connectivity index (χ1v) is 12.3. The van der Waals surface area contributed by atoms with Crippen molar-refractivity contribution in [3.63, 3.8) is 0 Å². The Kier molecular flexibility index (Phi) is 7.16. The van der Waals surface area contributed by atoms with Gasteiger partial charge in [-0.05, 0) is 17.8 Å². The van der Waals surface area contributed by atoms with Gasteiger partial charge >= 0.3 is 35.6 Å². The molecule has 1 heterocycles. The molecule has 0 unspecified atom stereocenters. The number of hydrogen-bond donors (Lipinski definition) is 0. The first-order valence-electron chi connectivity index (χ1n) is 7.98. The smallest absolute Gasteiger partial charge is 0.113 e. The SMILES string of the molecule is [C-]1=CC=CC1.[Cl][Ti][Cl].c1ccc2[cH-]c(-n3nnc4ccccc43)cc2c1. The molecule has 0 fully saturated rings. The number of nitrogens with zero attached hydrogens (tertiary/aromatic N) is 3. The van der Waals surface area contributed by atoms with E-state index < -0.39 is 17.0 Å². The zero-order valence-corrected chi connectivity index (χ0v) is 16.9. The number of halogens is 2. The largest absolute Gasteiger partial charge is 0.232 e. The number of aromatic nitrogens is 3. The number of benzene rings is 2. The Balaban J connectivity index is 0.000000207. The molecule has 0 bridgehead atoms. The van der Waals surface area contributed by atoms with Crippen molar-refractivity contribution >= 4 is 40.4 Å². The second-order valence-electron chi connectivity index (χ2n) is 5.41. The maximum atomic E-state index is 4.89. The van der Waals surface area contributed by atoms with Crippen LogP contribution in [0, 0.1) is 6.08 Å². The molecule has 130 valence electrons. The summed E-state index contributed by atoms with van der Waals surface area (Å²) in [5.74, 6) is 0. The van der Waals surface area contributed by atoms with E-state index in [1.54, 1.807) is 0 Å². The summed E-state index contributed by atoms with van der Waals surface area (Å²) in [6, 6.07) is 20.6. The van der Waals surface area contributed by atoms with Crippen LogP contribution in [0.25, 0.3) is 27.5 Å². The second kappa shape index (κ2) is 9.79. The number of fused-ring (bicyclic) bond motifs is 2. The van der Waals surface area contributed by atoms with Crippen molar-refractivity contribution in [3.8, 4) is 5.69 Å². The van der Waals surface area contributed by atoms with Crippen LogP contribution < -0.4 is 0 Å². The number of allylic oxidation sites excluding steroid dienone is 4. The molecule has 3 aromatic carbocycles. The van der Waals surface area contributed by atoms with E-state index in [4.69, 9.17) is 18.6 Å². The minimum atomic E-state index is -0.556. The summed E-state index contributed by atoms with van der Waals surface area (Å²) >= 11 is -0.556. The van der Waals surface area contributed by atoms with Gasteiger partial charge in [0.15, 0.2) is 0 Å². The molecule has 3 nitrogen and oxygen atoms in total. The Morgan fingerprint density at radius 2 is 1.85 bits per heavy atom. The summed E-state index contributed by atoms with van der Waals surface area (Å²) in [4.78, 5) is 0. The van der Waals surface area contributed by atoms with Gasteiger partial charge in [0.1, 0.15) is 5.52 Å². The van der Waals surface area contributed by atoms with Crippen molar-refractivity contribution in [2.45, 2.75) is 6.42 Å². The van der Waals surface area contributed by atoms with Gasteiger partial charge in [-0.25, -0.2) is 16.8 Å². The van der Waals surface area contributed by atoms with E-state index in [1.807, 2.05) is 53.2 Å². The van der Waals surface area contributed by atoms with Crippen molar-refractivity contribution < 1.29 is 17.0 Å². The van der Waals surface area contributed by atoms with Crippen LogP contribution in [0.5, 0.6) is 0 Å². The van der Waals surface area contributed by atoms with Crippen molar-refractivity contribution in [2.75, 3.05) is 0 Å². The molecule has 5 rings (SSSR count). The molecular formula is C20H15Cl2N3Ti-2. The third kappa shape index (κ3) is 4.69. The summed E-state index contributed by atoms with van der Waals surface area (Å²) < 4.78 is 1.88. The summed E-state index contributed by atoms with van der Waals surface area (Å²) in [7, 11) is 9.78. The summed E-state index contributed by atoms with van der Waals surface area (Å²) in [6.07, 6.45) is 10.0. The molecule has 0 atom stereocenters. The fourth-order valence-electron chi connectivity index (χ4n) is 2.66. The molecule has 1 aliphatic rings. The molecule has 26 heavy (non-hydrogen) atoms. The molecule has 6 heteroatoms. The third-order valence-corrected chi connectivity index (χ3v) is 3.79. The van der Waals surface area contributed by atoms with Crippen LogP contribution in [-0.4, -0.2) is 15.0 Å². The standard InChI is InChI=1S/C15H10N3.C5H5.2ClH.Ti/c1-2-6-12-10-13(9-11(12)5-1)18-15-8-4-3-7-14(15)16-17-18;1-2-4-5-3-1;;;/h1-10H;1-3H,4H2;2*1H;/q2*-1;;;+2/p-2. The monoisotopic (exact) mass is 415 g/mol. The number of rotatable bonds is 1. The topological polar surface area (TPSA) is 30.7 Å². The molecular weight excluding hydrogens is 401 g/mol. The summed E-state index contributed by atoms with van der Waals surface area (Å²) in [5, 5.41) is 10.9. The van der Waals surface area contributed by atoms with Crippen LogP contribution in [0.1, 0.15) is 6.42 Å². The average molecular weight is 416 g/mol. The Bertz CT molecular complexity index is 991. The van der Waals surface area contributed by atoms with Crippen LogP contribution >= 0.6 is 18.6 Å². The van der Waals surface area contributed by atoms with E-state index in [0.717, 1.165) is 23.1 Å². The molecule has 4 aromatic rings. The fourth-order valence-corrected chi connectivity index (χ4v) is 2.66. The summed E-state index contributed by atoms with van der Waals surface area (Å²) in [6.45, 7) is 0. The van der Waals surface area contributed by atoms with Gasteiger partial charge in [0.2, 0.25) is 0 Å². The van der Waals surface area contributed by atoms with E-state index in [-0.39, 0.29) is 0 Å². The van der Waals surface area contributed by atoms with Crippen LogP contribution in [0.3, 0.4) is 0 Å². The van der Waals surface area contributed by atoms with E-state index in [1.165, 1.54) is 10.8 Å². The third-order valence-electron chi connectivity index (χ3n) is 3.79. The Morgan fingerprint density at radius 1 is 1.08 bits per heavy atom. The quantitative estimate of drug-likeness (QED) is 0.283. The van der Waals surface area contributed by atoms with Crippen molar-refractivity contribution in [2.24, 2.45) is 0 Å². The Labute approximate surface area is 169 Å². The van der Waals surface area contributed by atoms with E-state index in [0.29, 0.717) is 0 Å². The van der Waals surface area contributed by atoms with Crippen molar-refractivity contribution in [1.82, 2.24) is 15.0 Å². The van der Waals surface area contributed by atoms with Gasteiger partial charge in [-0.2, -0.15) is 6.08 Å². The van der Waals surface area contributed by atoms with Crippen LogP contribution in [0.2, 0.25) is 0 Å². The fraction of sp³-hybridized carbons (Fsp3) is 0.0500. The molecule has 1 aliphatic carbocycles. The average Bonchev–Trinajstić information content (AvgIpc) is 3.42. The normalized spacial score (nSPS) is 11.8.